The number of hydrogen-bond acceptors (Lipinski definition) is 4. The molecule has 1 aromatic heterocycles. The molecule has 5 heteroatoms. The second-order valence-electron chi connectivity index (χ2n) is 1.27. The van der Waals surface area contributed by atoms with Crippen LogP contribution < -0.4 is 0 Å². The highest BCUT2D eigenvalue weighted by atomic mass is 79.9. The lowest BCUT2D eigenvalue weighted by atomic mass is 10.9. The molecule has 1 rings (SSSR count). The summed E-state index contributed by atoms with van der Waals surface area (Å²) in [7, 11) is 0. The van der Waals surface area contributed by atoms with Crippen molar-refractivity contribution in [1.82, 2.24) is 15.2 Å². The molecular weight excluding hydrogens is 202 g/mol. The molecule has 0 fully saturated rings. The van der Waals surface area contributed by atoms with Gasteiger partial charge in [-0.25, -0.2) is 4.98 Å². The summed E-state index contributed by atoms with van der Waals surface area (Å²) in [4.78, 5) is 4.00. The van der Waals surface area contributed by atoms with Crippen LogP contribution in [0.5, 0.6) is 0 Å². The summed E-state index contributed by atoms with van der Waals surface area (Å²) in [5.74, 6) is 0. The van der Waals surface area contributed by atoms with Crippen molar-refractivity contribution in [1.29, 1.82) is 0 Å². The molecule has 0 bridgehead atoms. The summed E-state index contributed by atoms with van der Waals surface area (Å²) in [6.07, 6.45) is 3.46. The highest BCUT2D eigenvalue weighted by molar-refractivity contribution is 9.10. The smallest absolute Gasteiger partial charge is 0.209 e. The molecule has 0 saturated heterocycles. The number of halogens is 1. The lowest BCUT2D eigenvalue weighted by Gasteiger charge is -1.90. The molecule has 0 radical (unpaired) electrons. The van der Waals surface area contributed by atoms with E-state index in [1.165, 1.54) is 11.8 Å². The molecule has 1 heterocycles. The van der Waals surface area contributed by atoms with Gasteiger partial charge in [0.25, 0.3) is 0 Å². The van der Waals surface area contributed by atoms with Crippen LogP contribution in [0.25, 0.3) is 0 Å². The van der Waals surface area contributed by atoms with E-state index < -0.39 is 0 Å². The van der Waals surface area contributed by atoms with Gasteiger partial charge in [-0.15, -0.1) is 5.10 Å². The molecule has 0 aromatic carbocycles. The Hall–Kier alpha value is -0.160. The Labute approximate surface area is 65.4 Å². The molecule has 3 nitrogen and oxygen atoms in total. The zero-order valence-electron chi connectivity index (χ0n) is 4.71. The maximum absolute atomic E-state index is 4.00. The molecule has 0 spiro atoms. The first-order chi connectivity index (χ1) is 4.33. The van der Waals surface area contributed by atoms with Gasteiger partial charge in [-0.2, -0.15) is 5.10 Å². The fraction of sp³-hybridized carbons (Fsp3) is 0.250. The summed E-state index contributed by atoms with van der Waals surface area (Å²) in [5, 5.41) is 8.09. The lowest BCUT2D eigenvalue weighted by Crippen LogP contribution is -1.87. The Morgan fingerprint density at radius 2 is 2.44 bits per heavy atom. The fourth-order valence-corrected chi connectivity index (χ4v) is 1.05. The predicted molar refractivity (Wildman–Crippen MR) is 39.3 cm³/mol. The third kappa shape index (κ3) is 1.91. The van der Waals surface area contributed by atoms with Gasteiger partial charge in [0.1, 0.15) is 4.60 Å². The molecule has 9 heavy (non-hydrogen) atoms. The van der Waals surface area contributed by atoms with E-state index in [4.69, 9.17) is 0 Å². The van der Waals surface area contributed by atoms with Crippen LogP contribution in [0.4, 0.5) is 0 Å². The standard InChI is InChI=1S/C4H4BrN3S/c1-9-4-7-3(5)2-6-8-4/h2H,1H3. The van der Waals surface area contributed by atoms with Gasteiger partial charge in [-0.1, -0.05) is 11.8 Å². The SMILES string of the molecule is CSc1nncc(Br)n1. The summed E-state index contributed by atoms with van der Waals surface area (Å²) >= 11 is 4.64. The molecule has 0 amide bonds. The Morgan fingerprint density at radius 1 is 1.67 bits per heavy atom. The van der Waals surface area contributed by atoms with Gasteiger partial charge < -0.3 is 0 Å². The third-order valence-corrected chi connectivity index (χ3v) is 1.61. The molecule has 0 aliphatic heterocycles. The van der Waals surface area contributed by atoms with E-state index in [1.54, 1.807) is 6.20 Å². The van der Waals surface area contributed by atoms with Gasteiger partial charge in [-0.3, -0.25) is 0 Å². The molecular formula is C4H4BrN3S. The summed E-state index contributed by atoms with van der Waals surface area (Å²) in [6.45, 7) is 0. The minimum Gasteiger partial charge on any atom is -0.212 e. The number of hydrogen-bond donors (Lipinski definition) is 0. The van der Waals surface area contributed by atoms with Crippen molar-refractivity contribution in [2.24, 2.45) is 0 Å². The molecule has 0 atom stereocenters. The Balaban J connectivity index is 2.94. The largest absolute Gasteiger partial charge is 0.212 e. The minimum atomic E-state index is 0.685. The number of thioether (sulfide) groups is 1. The highest BCUT2D eigenvalue weighted by Gasteiger charge is 1.92. The van der Waals surface area contributed by atoms with Gasteiger partial charge >= 0.3 is 0 Å². The molecule has 0 saturated carbocycles. The molecule has 0 unspecified atom stereocenters. The van der Waals surface area contributed by atoms with Crippen molar-refractivity contribution in [3.8, 4) is 0 Å². The molecule has 0 N–H and O–H groups in total. The molecule has 1 aromatic rings. The summed E-state index contributed by atoms with van der Waals surface area (Å²) in [5.41, 5.74) is 0. The van der Waals surface area contributed by atoms with Gasteiger partial charge in [0.2, 0.25) is 5.16 Å². The van der Waals surface area contributed by atoms with Crippen LogP contribution in [0.1, 0.15) is 0 Å². The van der Waals surface area contributed by atoms with E-state index in [9.17, 15) is 0 Å². The van der Waals surface area contributed by atoms with Crippen LogP contribution in [-0.2, 0) is 0 Å². The minimum absolute atomic E-state index is 0.685. The van der Waals surface area contributed by atoms with Crippen molar-refractivity contribution >= 4 is 27.7 Å². The highest BCUT2D eigenvalue weighted by Crippen LogP contribution is 2.09. The van der Waals surface area contributed by atoms with Gasteiger partial charge in [0.05, 0.1) is 6.20 Å². The maximum atomic E-state index is 4.00. The normalized spacial score (nSPS) is 9.56. The number of nitrogens with zero attached hydrogens (tertiary/aromatic N) is 3. The second-order valence-corrected chi connectivity index (χ2v) is 2.85. The first-order valence-electron chi connectivity index (χ1n) is 2.22. The average molecular weight is 206 g/mol. The average Bonchev–Trinajstić information content (AvgIpc) is 1.88. The fourth-order valence-electron chi connectivity index (χ4n) is 0.355. The molecule has 48 valence electrons. The Morgan fingerprint density at radius 3 is 2.89 bits per heavy atom. The van der Waals surface area contributed by atoms with Crippen LogP contribution in [0.2, 0.25) is 0 Å². The quantitative estimate of drug-likeness (QED) is 0.650. The van der Waals surface area contributed by atoms with Crippen molar-refractivity contribution in [3.63, 3.8) is 0 Å². The number of rotatable bonds is 1. The van der Waals surface area contributed by atoms with Crippen molar-refractivity contribution in [3.05, 3.63) is 10.8 Å². The van der Waals surface area contributed by atoms with E-state index in [1.807, 2.05) is 6.26 Å². The topological polar surface area (TPSA) is 38.7 Å². The Bertz CT molecular complexity index is 205. The first kappa shape index (κ1) is 6.95. The Kier molecular flexibility index (Phi) is 2.41. The van der Waals surface area contributed by atoms with E-state index in [-0.39, 0.29) is 0 Å². The zero-order valence-corrected chi connectivity index (χ0v) is 7.11. The second kappa shape index (κ2) is 3.12. The molecule has 0 aliphatic rings. The third-order valence-electron chi connectivity index (χ3n) is 0.693. The maximum Gasteiger partial charge on any atom is 0.209 e. The van der Waals surface area contributed by atoms with E-state index in [0.717, 1.165) is 4.60 Å². The summed E-state index contributed by atoms with van der Waals surface area (Å²) in [6, 6.07) is 0. The first-order valence-corrected chi connectivity index (χ1v) is 4.24. The van der Waals surface area contributed by atoms with Crippen molar-refractivity contribution < 1.29 is 0 Å². The van der Waals surface area contributed by atoms with Crippen molar-refractivity contribution in [2.45, 2.75) is 5.16 Å². The van der Waals surface area contributed by atoms with Gasteiger partial charge in [0, 0.05) is 0 Å². The van der Waals surface area contributed by atoms with Crippen LogP contribution in [0.3, 0.4) is 0 Å². The summed E-state index contributed by atoms with van der Waals surface area (Å²) < 4.78 is 0.724. The van der Waals surface area contributed by atoms with Crippen LogP contribution >= 0.6 is 27.7 Å². The lowest BCUT2D eigenvalue weighted by molar-refractivity contribution is 0.827. The van der Waals surface area contributed by atoms with Crippen molar-refractivity contribution in [2.75, 3.05) is 6.26 Å². The predicted octanol–water partition coefficient (Wildman–Crippen LogP) is 1.36. The van der Waals surface area contributed by atoms with Gasteiger partial charge in [0.15, 0.2) is 0 Å². The van der Waals surface area contributed by atoms with E-state index in [0.29, 0.717) is 5.16 Å². The van der Waals surface area contributed by atoms with E-state index in [2.05, 4.69) is 31.1 Å². The zero-order chi connectivity index (χ0) is 6.69. The van der Waals surface area contributed by atoms with E-state index >= 15 is 0 Å². The van der Waals surface area contributed by atoms with Gasteiger partial charge in [-0.05, 0) is 22.2 Å². The molecule has 0 aliphatic carbocycles. The number of aromatic nitrogens is 3. The van der Waals surface area contributed by atoms with Crippen LogP contribution in [0.15, 0.2) is 16.0 Å². The van der Waals surface area contributed by atoms with Crippen LogP contribution in [0, 0.1) is 0 Å². The van der Waals surface area contributed by atoms with Crippen LogP contribution in [-0.4, -0.2) is 21.4 Å². The monoisotopic (exact) mass is 205 g/mol.